The van der Waals surface area contributed by atoms with E-state index in [1.165, 1.54) is 4.90 Å². The van der Waals surface area contributed by atoms with Gasteiger partial charge in [0.25, 0.3) is 5.91 Å². The molecule has 0 aliphatic carbocycles. The van der Waals surface area contributed by atoms with Crippen molar-refractivity contribution in [2.45, 2.75) is 38.8 Å². The number of hydrogen-bond acceptors (Lipinski definition) is 5. The van der Waals surface area contributed by atoms with Crippen molar-refractivity contribution in [3.05, 3.63) is 34.3 Å². The number of nitrogens with zero attached hydrogens (tertiary/aromatic N) is 4. The SMILES string of the molecule is C[C@@H](NC(=O)CN1C(=O)COc2cc(Br)ccc21)c1nnc2n1CCCC2. The first-order valence-corrected chi connectivity index (χ1v) is 9.76. The van der Waals surface area contributed by atoms with Crippen LogP contribution in [-0.4, -0.2) is 39.7 Å². The number of amides is 2. The lowest BCUT2D eigenvalue weighted by molar-refractivity contribution is -0.125. The zero-order valence-electron chi connectivity index (χ0n) is 14.9. The summed E-state index contributed by atoms with van der Waals surface area (Å²) in [5.74, 6) is 1.82. The zero-order chi connectivity index (χ0) is 19.0. The Morgan fingerprint density at radius 3 is 3.07 bits per heavy atom. The van der Waals surface area contributed by atoms with Gasteiger partial charge in [0.1, 0.15) is 18.1 Å². The topological polar surface area (TPSA) is 89.3 Å². The average Bonchev–Trinajstić information content (AvgIpc) is 3.08. The monoisotopic (exact) mass is 433 g/mol. The first-order chi connectivity index (χ1) is 13.0. The number of aryl methyl sites for hydroxylation is 1. The molecule has 0 saturated heterocycles. The third-order valence-electron chi connectivity index (χ3n) is 4.82. The number of carbonyl (C=O) groups excluding carboxylic acids is 2. The van der Waals surface area contributed by atoms with Crippen LogP contribution in [0.25, 0.3) is 0 Å². The van der Waals surface area contributed by atoms with E-state index in [0.29, 0.717) is 11.4 Å². The summed E-state index contributed by atoms with van der Waals surface area (Å²) in [6, 6.07) is 5.09. The van der Waals surface area contributed by atoms with Crippen LogP contribution >= 0.6 is 15.9 Å². The number of hydrogen-bond donors (Lipinski definition) is 1. The highest BCUT2D eigenvalue weighted by atomic mass is 79.9. The summed E-state index contributed by atoms with van der Waals surface area (Å²) in [6.45, 7) is 2.62. The van der Waals surface area contributed by atoms with Gasteiger partial charge in [-0.3, -0.25) is 14.5 Å². The van der Waals surface area contributed by atoms with E-state index in [0.717, 1.165) is 41.9 Å². The number of halogens is 1. The Morgan fingerprint density at radius 2 is 2.22 bits per heavy atom. The van der Waals surface area contributed by atoms with Crippen LogP contribution in [0, 0.1) is 0 Å². The van der Waals surface area contributed by atoms with Crippen molar-refractivity contribution in [3.8, 4) is 5.75 Å². The molecule has 0 fully saturated rings. The van der Waals surface area contributed by atoms with Crippen LogP contribution in [0.1, 0.15) is 37.5 Å². The largest absolute Gasteiger partial charge is 0.482 e. The number of benzene rings is 1. The first kappa shape index (κ1) is 18.0. The molecule has 1 N–H and O–H groups in total. The van der Waals surface area contributed by atoms with Crippen molar-refractivity contribution >= 4 is 33.4 Å². The van der Waals surface area contributed by atoms with Crippen molar-refractivity contribution in [1.29, 1.82) is 0 Å². The van der Waals surface area contributed by atoms with E-state index in [1.54, 1.807) is 12.1 Å². The second-order valence-electron chi connectivity index (χ2n) is 6.75. The Morgan fingerprint density at radius 1 is 1.37 bits per heavy atom. The molecule has 1 aromatic carbocycles. The summed E-state index contributed by atoms with van der Waals surface area (Å²) < 4.78 is 8.39. The molecule has 2 amide bonds. The Labute approximate surface area is 165 Å². The molecular weight excluding hydrogens is 414 g/mol. The van der Waals surface area contributed by atoms with E-state index in [1.807, 2.05) is 13.0 Å². The number of fused-ring (bicyclic) bond motifs is 2. The summed E-state index contributed by atoms with van der Waals surface area (Å²) in [5, 5.41) is 11.4. The van der Waals surface area contributed by atoms with Gasteiger partial charge >= 0.3 is 0 Å². The van der Waals surface area contributed by atoms with Gasteiger partial charge in [0.05, 0.1) is 11.7 Å². The molecule has 0 unspecified atom stereocenters. The molecule has 4 rings (SSSR count). The van der Waals surface area contributed by atoms with Gasteiger partial charge in [0.2, 0.25) is 5.91 Å². The van der Waals surface area contributed by atoms with Gasteiger partial charge in [-0.05, 0) is 38.0 Å². The molecule has 2 aliphatic rings. The highest BCUT2D eigenvalue weighted by molar-refractivity contribution is 9.10. The summed E-state index contributed by atoms with van der Waals surface area (Å²) in [7, 11) is 0. The highest BCUT2D eigenvalue weighted by Crippen LogP contribution is 2.34. The maximum absolute atomic E-state index is 12.6. The van der Waals surface area contributed by atoms with E-state index in [4.69, 9.17) is 4.74 Å². The normalized spacial score (nSPS) is 17.0. The molecule has 1 atom stereocenters. The van der Waals surface area contributed by atoms with Crippen molar-refractivity contribution in [1.82, 2.24) is 20.1 Å². The molecule has 2 aromatic rings. The summed E-state index contributed by atoms with van der Waals surface area (Å²) in [5.41, 5.74) is 0.595. The van der Waals surface area contributed by atoms with E-state index in [9.17, 15) is 9.59 Å². The molecule has 2 aliphatic heterocycles. The van der Waals surface area contributed by atoms with Crippen molar-refractivity contribution in [3.63, 3.8) is 0 Å². The predicted molar refractivity (Wildman–Crippen MR) is 102 cm³/mol. The van der Waals surface area contributed by atoms with Crippen molar-refractivity contribution in [2.24, 2.45) is 0 Å². The zero-order valence-corrected chi connectivity index (χ0v) is 16.5. The van der Waals surface area contributed by atoms with Gasteiger partial charge in [0, 0.05) is 17.4 Å². The third-order valence-corrected chi connectivity index (χ3v) is 5.31. The van der Waals surface area contributed by atoms with E-state index >= 15 is 0 Å². The minimum absolute atomic E-state index is 0.0673. The molecule has 9 heteroatoms. The van der Waals surface area contributed by atoms with Crippen LogP contribution in [-0.2, 0) is 22.6 Å². The molecule has 27 heavy (non-hydrogen) atoms. The molecule has 0 spiro atoms. The fourth-order valence-corrected chi connectivity index (χ4v) is 3.84. The Bertz CT molecular complexity index is 897. The third kappa shape index (κ3) is 3.55. The number of carbonyl (C=O) groups is 2. The lowest BCUT2D eigenvalue weighted by Crippen LogP contribution is -2.45. The Hall–Kier alpha value is -2.42. The fourth-order valence-electron chi connectivity index (χ4n) is 3.50. The maximum Gasteiger partial charge on any atom is 0.265 e. The predicted octanol–water partition coefficient (Wildman–Crippen LogP) is 1.98. The number of rotatable bonds is 4. The van der Waals surface area contributed by atoms with E-state index in [-0.39, 0.29) is 31.0 Å². The van der Waals surface area contributed by atoms with Crippen LogP contribution in [0.5, 0.6) is 5.75 Å². The standard InChI is InChI=1S/C18H20BrN5O3/c1-11(18-22-21-15-4-2-3-7-23(15)18)20-16(25)9-24-13-6-5-12(19)8-14(13)27-10-17(24)26/h5-6,8,11H,2-4,7,9-10H2,1H3,(H,20,25)/t11-/m1/s1. The molecule has 1 aromatic heterocycles. The van der Waals surface area contributed by atoms with Crippen LogP contribution in [0.4, 0.5) is 5.69 Å². The average molecular weight is 434 g/mol. The number of anilines is 1. The van der Waals surface area contributed by atoms with Crippen molar-refractivity contribution in [2.75, 3.05) is 18.1 Å². The molecule has 0 bridgehead atoms. The van der Waals surface area contributed by atoms with Crippen molar-refractivity contribution < 1.29 is 14.3 Å². The number of nitrogens with one attached hydrogen (secondary N) is 1. The maximum atomic E-state index is 12.6. The summed E-state index contributed by atoms with van der Waals surface area (Å²) >= 11 is 3.38. The van der Waals surface area contributed by atoms with E-state index in [2.05, 4.69) is 36.0 Å². The molecular formula is C18H20BrN5O3. The van der Waals surface area contributed by atoms with Gasteiger partial charge in [-0.1, -0.05) is 15.9 Å². The second-order valence-corrected chi connectivity index (χ2v) is 7.67. The lowest BCUT2D eigenvalue weighted by atomic mass is 10.1. The second kappa shape index (κ2) is 7.30. The minimum Gasteiger partial charge on any atom is -0.482 e. The molecule has 3 heterocycles. The summed E-state index contributed by atoms with van der Waals surface area (Å²) in [4.78, 5) is 26.3. The van der Waals surface area contributed by atoms with Gasteiger partial charge in [-0.25, -0.2) is 0 Å². The van der Waals surface area contributed by atoms with Gasteiger partial charge in [0.15, 0.2) is 12.4 Å². The van der Waals surface area contributed by atoms with Crippen LogP contribution < -0.4 is 15.0 Å². The quantitative estimate of drug-likeness (QED) is 0.795. The smallest absolute Gasteiger partial charge is 0.265 e. The van der Waals surface area contributed by atoms with Crippen LogP contribution in [0.15, 0.2) is 22.7 Å². The minimum atomic E-state index is -0.280. The molecule has 142 valence electrons. The van der Waals surface area contributed by atoms with Gasteiger partial charge < -0.3 is 14.6 Å². The highest BCUT2D eigenvalue weighted by Gasteiger charge is 2.28. The number of aromatic nitrogens is 3. The summed E-state index contributed by atoms with van der Waals surface area (Å²) in [6.07, 6.45) is 3.13. The van der Waals surface area contributed by atoms with E-state index < -0.39 is 0 Å². The first-order valence-electron chi connectivity index (χ1n) is 8.97. The molecule has 0 saturated carbocycles. The molecule has 0 radical (unpaired) electrons. The van der Waals surface area contributed by atoms with Crippen LogP contribution in [0.3, 0.4) is 0 Å². The Kier molecular flexibility index (Phi) is 4.86. The van der Waals surface area contributed by atoms with Gasteiger partial charge in [-0.15, -0.1) is 10.2 Å². The molecule has 8 nitrogen and oxygen atoms in total. The fraction of sp³-hybridized carbons (Fsp3) is 0.444. The lowest BCUT2D eigenvalue weighted by Gasteiger charge is -2.29. The Balaban J connectivity index is 1.47. The van der Waals surface area contributed by atoms with Gasteiger partial charge in [-0.2, -0.15) is 0 Å². The van der Waals surface area contributed by atoms with Crippen LogP contribution in [0.2, 0.25) is 0 Å². The number of ether oxygens (including phenoxy) is 1.